The number of amides is 2. The first-order chi connectivity index (χ1) is 12.5. The number of urea groups is 1. The first-order valence-corrected chi connectivity index (χ1v) is 8.69. The number of nitrogens with zero attached hydrogens (tertiary/aromatic N) is 1. The molecule has 0 aromatic heterocycles. The van der Waals surface area contributed by atoms with Gasteiger partial charge in [0.2, 0.25) is 6.79 Å². The number of benzene rings is 1. The normalized spacial score (nSPS) is 17.6. The number of hydrogen-bond donors (Lipinski definition) is 2. The fraction of sp³-hybridized carbons (Fsp3) is 0.556. The molecule has 1 aromatic carbocycles. The van der Waals surface area contributed by atoms with Gasteiger partial charge in [0.05, 0.1) is 6.42 Å². The van der Waals surface area contributed by atoms with Gasteiger partial charge in [-0.25, -0.2) is 4.79 Å². The van der Waals surface area contributed by atoms with Crippen LogP contribution in [0.1, 0.15) is 24.8 Å². The maximum Gasteiger partial charge on any atom is 0.317 e. The van der Waals surface area contributed by atoms with Crippen LogP contribution in [0.2, 0.25) is 0 Å². The molecule has 0 radical (unpaired) electrons. The molecule has 3 rings (SSSR count). The maximum absolute atomic E-state index is 12.3. The van der Waals surface area contributed by atoms with Gasteiger partial charge in [-0.2, -0.15) is 0 Å². The van der Waals surface area contributed by atoms with Gasteiger partial charge in [-0.05, 0) is 30.5 Å². The van der Waals surface area contributed by atoms with Gasteiger partial charge in [-0.15, -0.1) is 0 Å². The zero-order valence-electron chi connectivity index (χ0n) is 14.8. The average Bonchev–Trinajstić information content (AvgIpc) is 3.12. The summed E-state index contributed by atoms with van der Waals surface area (Å²) in [6.07, 6.45) is 1.49. The van der Waals surface area contributed by atoms with Crippen LogP contribution in [0.4, 0.5) is 4.79 Å². The molecule has 2 heterocycles. The zero-order valence-corrected chi connectivity index (χ0v) is 14.8. The van der Waals surface area contributed by atoms with Crippen molar-refractivity contribution in [3.05, 3.63) is 23.8 Å². The van der Waals surface area contributed by atoms with E-state index in [-0.39, 0.29) is 31.2 Å². The zero-order chi connectivity index (χ0) is 18.6. The summed E-state index contributed by atoms with van der Waals surface area (Å²) < 4.78 is 16.4. The quantitative estimate of drug-likeness (QED) is 0.795. The van der Waals surface area contributed by atoms with Crippen molar-refractivity contribution in [2.75, 3.05) is 40.1 Å². The molecule has 1 saturated heterocycles. The highest BCUT2D eigenvalue weighted by Gasteiger charge is 2.36. The number of carbonyl (C=O) groups is 2. The molecule has 0 unspecified atom stereocenters. The second kappa shape index (κ2) is 7.82. The monoisotopic (exact) mass is 364 g/mol. The Morgan fingerprint density at radius 1 is 1.23 bits per heavy atom. The number of carboxylic acids is 1. The van der Waals surface area contributed by atoms with E-state index in [0.29, 0.717) is 19.8 Å². The summed E-state index contributed by atoms with van der Waals surface area (Å²) in [5, 5.41) is 11.7. The van der Waals surface area contributed by atoms with Crippen LogP contribution in [0, 0.1) is 0 Å². The highest BCUT2D eigenvalue weighted by molar-refractivity contribution is 5.75. The van der Waals surface area contributed by atoms with Crippen molar-refractivity contribution in [2.24, 2.45) is 0 Å². The smallest absolute Gasteiger partial charge is 0.317 e. The van der Waals surface area contributed by atoms with E-state index in [2.05, 4.69) is 5.32 Å². The van der Waals surface area contributed by atoms with E-state index in [1.807, 2.05) is 18.2 Å². The number of nitrogens with one attached hydrogen (secondary N) is 1. The molecule has 0 spiro atoms. The lowest BCUT2D eigenvalue weighted by Gasteiger charge is -2.38. The SMILES string of the molecule is CN(CCC(=O)O)C(=O)NCC1(c2ccc3c(c2)OCO3)CCOCC1. The van der Waals surface area contributed by atoms with Crippen molar-refractivity contribution in [3.63, 3.8) is 0 Å². The summed E-state index contributed by atoms with van der Waals surface area (Å²) in [6, 6.07) is 5.61. The molecule has 2 amide bonds. The van der Waals surface area contributed by atoms with Crippen LogP contribution in [-0.2, 0) is 14.9 Å². The minimum atomic E-state index is -0.925. The van der Waals surface area contributed by atoms with Crippen molar-refractivity contribution >= 4 is 12.0 Å². The minimum Gasteiger partial charge on any atom is -0.481 e. The molecule has 2 aliphatic heterocycles. The van der Waals surface area contributed by atoms with Crippen molar-refractivity contribution in [1.82, 2.24) is 10.2 Å². The number of ether oxygens (including phenoxy) is 3. The van der Waals surface area contributed by atoms with Crippen molar-refractivity contribution in [1.29, 1.82) is 0 Å². The maximum atomic E-state index is 12.3. The van der Waals surface area contributed by atoms with Crippen LogP contribution in [0.5, 0.6) is 11.5 Å². The Labute approximate surface area is 152 Å². The lowest BCUT2D eigenvalue weighted by atomic mass is 9.74. The van der Waals surface area contributed by atoms with Gasteiger partial charge in [0, 0.05) is 38.8 Å². The van der Waals surface area contributed by atoms with E-state index < -0.39 is 5.97 Å². The van der Waals surface area contributed by atoms with Crippen LogP contribution in [-0.4, -0.2) is 62.2 Å². The van der Waals surface area contributed by atoms with Crippen molar-refractivity contribution in [2.45, 2.75) is 24.7 Å². The number of fused-ring (bicyclic) bond motifs is 1. The highest BCUT2D eigenvalue weighted by Crippen LogP contribution is 2.40. The summed E-state index contributed by atoms with van der Waals surface area (Å²) in [6.45, 7) is 2.09. The van der Waals surface area contributed by atoms with Crippen LogP contribution < -0.4 is 14.8 Å². The van der Waals surface area contributed by atoms with Gasteiger partial charge < -0.3 is 29.5 Å². The average molecular weight is 364 g/mol. The Hall–Kier alpha value is -2.48. The van der Waals surface area contributed by atoms with E-state index in [1.165, 1.54) is 4.90 Å². The van der Waals surface area contributed by atoms with Crippen LogP contribution in [0.25, 0.3) is 0 Å². The van der Waals surface area contributed by atoms with Gasteiger partial charge in [-0.1, -0.05) is 6.07 Å². The second-order valence-corrected chi connectivity index (χ2v) is 6.68. The Bertz CT molecular complexity index is 672. The predicted molar refractivity (Wildman–Crippen MR) is 92.6 cm³/mol. The standard InChI is InChI=1S/C18H24N2O6/c1-20(7-4-16(21)22)17(23)19-11-18(5-8-24-9-6-18)13-2-3-14-15(10-13)26-12-25-14/h2-3,10H,4-9,11-12H2,1H3,(H,19,23)(H,21,22). The molecule has 1 fully saturated rings. The Kier molecular flexibility index (Phi) is 5.51. The molecular weight excluding hydrogens is 340 g/mol. The fourth-order valence-corrected chi connectivity index (χ4v) is 3.30. The van der Waals surface area contributed by atoms with Gasteiger partial charge in [-0.3, -0.25) is 4.79 Å². The predicted octanol–water partition coefficient (Wildman–Crippen LogP) is 1.58. The lowest BCUT2D eigenvalue weighted by Crippen LogP contribution is -2.48. The summed E-state index contributed by atoms with van der Waals surface area (Å²) in [5.41, 5.74) is 0.834. The van der Waals surface area contributed by atoms with Crippen molar-refractivity contribution in [3.8, 4) is 11.5 Å². The summed E-state index contributed by atoms with van der Waals surface area (Å²) in [5.74, 6) is 0.526. The number of aliphatic carboxylic acids is 1. The molecule has 8 heteroatoms. The van der Waals surface area contributed by atoms with E-state index in [0.717, 1.165) is 29.9 Å². The van der Waals surface area contributed by atoms with E-state index >= 15 is 0 Å². The topological polar surface area (TPSA) is 97.3 Å². The van der Waals surface area contributed by atoms with Gasteiger partial charge >= 0.3 is 12.0 Å². The van der Waals surface area contributed by atoms with Crippen LogP contribution in [0.3, 0.4) is 0 Å². The molecule has 142 valence electrons. The number of carbonyl (C=O) groups excluding carboxylic acids is 1. The fourth-order valence-electron chi connectivity index (χ4n) is 3.30. The third-order valence-corrected chi connectivity index (χ3v) is 5.02. The number of carboxylic acid groups (broad SMARTS) is 1. The Morgan fingerprint density at radius 3 is 2.69 bits per heavy atom. The molecule has 2 N–H and O–H groups in total. The second-order valence-electron chi connectivity index (χ2n) is 6.68. The lowest BCUT2D eigenvalue weighted by molar-refractivity contribution is -0.137. The molecule has 1 aromatic rings. The third-order valence-electron chi connectivity index (χ3n) is 5.02. The first kappa shape index (κ1) is 18.3. The summed E-state index contributed by atoms with van der Waals surface area (Å²) in [4.78, 5) is 24.4. The molecule has 26 heavy (non-hydrogen) atoms. The first-order valence-electron chi connectivity index (χ1n) is 8.69. The number of rotatable bonds is 6. The molecular formula is C18H24N2O6. The Morgan fingerprint density at radius 2 is 1.96 bits per heavy atom. The van der Waals surface area contributed by atoms with E-state index in [1.54, 1.807) is 7.05 Å². The molecule has 0 bridgehead atoms. The minimum absolute atomic E-state index is 0.0783. The van der Waals surface area contributed by atoms with Gasteiger partial charge in [0.1, 0.15) is 0 Å². The molecule has 0 atom stereocenters. The number of hydrogen-bond acceptors (Lipinski definition) is 5. The summed E-state index contributed by atoms with van der Waals surface area (Å²) in [7, 11) is 1.59. The molecule has 2 aliphatic rings. The van der Waals surface area contributed by atoms with Gasteiger partial charge in [0.15, 0.2) is 11.5 Å². The third kappa shape index (κ3) is 4.01. The Balaban J connectivity index is 1.70. The van der Waals surface area contributed by atoms with E-state index in [4.69, 9.17) is 19.3 Å². The van der Waals surface area contributed by atoms with Crippen LogP contribution >= 0.6 is 0 Å². The highest BCUT2D eigenvalue weighted by atomic mass is 16.7. The van der Waals surface area contributed by atoms with Crippen LogP contribution in [0.15, 0.2) is 18.2 Å². The molecule has 0 saturated carbocycles. The molecule has 0 aliphatic carbocycles. The van der Waals surface area contributed by atoms with Gasteiger partial charge in [0.25, 0.3) is 0 Å². The summed E-state index contributed by atoms with van der Waals surface area (Å²) >= 11 is 0. The van der Waals surface area contributed by atoms with E-state index in [9.17, 15) is 9.59 Å². The molecule has 8 nitrogen and oxygen atoms in total. The van der Waals surface area contributed by atoms with Crippen molar-refractivity contribution < 1.29 is 28.9 Å². The largest absolute Gasteiger partial charge is 0.481 e.